The van der Waals surface area contributed by atoms with Gasteiger partial charge in [-0.25, -0.2) is 12.7 Å². The van der Waals surface area contributed by atoms with E-state index in [0.29, 0.717) is 18.1 Å². The van der Waals surface area contributed by atoms with Crippen LogP contribution in [0.15, 0.2) is 22.7 Å². The van der Waals surface area contributed by atoms with Crippen LogP contribution in [0.4, 0.5) is 0 Å². The van der Waals surface area contributed by atoms with Gasteiger partial charge in [-0.2, -0.15) is 0 Å². The molecule has 0 saturated carbocycles. The van der Waals surface area contributed by atoms with Gasteiger partial charge in [0.1, 0.15) is 0 Å². The fraction of sp³-hybridized carbons (Fsp3) is 0.455. The number of benzene rings is 1. The van der Waals surface area contributed by atoms with Crippen LogP contribution < -0.4 is 5.32 Å². The van der Waals surface area contributed by atoms with Crippen molar-refractivity contribution >= 4 is 37.6 Å². The van der Waals surface area contributed by atoms with Crippen molar-refractivity contribution in [2.45, 2.75) is 6.54 Å². The molecule has 18 heavy (non-hydrogen) atoms. The van der Waals surface area contributed by atoms with E-state index in [9.17, 15) is 8.42 Å². The van der Waals surface area contributed by atoms with E-state index in [-0.39, 0.29) is 5.75 Å². The van der Waals surface area contributed by atoms with Crippen molar-refractivity contribution in [3.63, 3.8) is 0 Å². The number of hydrogen-bond acceptors (Lipinski definition) is 3. The Balaban J connectivity index is 2.41. The molecule has 0 aliphatic rings. The first kappa shape index (κ1) is 15.9. The van der Waals surface area contributed by atoms with Crippen molar-refractivity contribution < 1.29 is 8.42 Å². The molecule has 0 fully saturated rings. The molecule has 0 heterocycles. The first-order valence-corrected chi connectivity index (χ1v) is 8.16. The van der Waals surface area contributed by atoms with Crippen molar-refractivity contribution in [2.24, 2.45) is 0 Å². The van der Waals surface area contributed by atoms with Crippen LogP contribution in [0.25, 0.3) is 0 Å². The van der Waals surface area contributed by atoms with Gasteiger partial charge in [0.15, 0.2) is 0 Å². The number of hydrogen-bond donors (Lipinski definition) is 1. The number of rotatable bonds is 6. The number of sulfonamides is 1. The second kappa shape index (κ2) is 6.86. The van der Waals surface area contributed by atoms with Gasteiger partial charge in [0, 0.05) is 31.7 Å². The Hall–Kier alpha value is -0.140. The number of nitrogens with zero attached hydrogens (tertiary/aromatic N) is 1. The van der Waals surface area contributed by atoms with Crippen molar-refractivity contribution in [2.75, 3.05) is 26.4 Å². The third kappa shape index (κ3) is 4.85. The number of nitrogens with one attached hydrogen (secondary N) is 1. The summed E-state index contributed by atoms with van der Waals surface area (Å²) in [5, 5.41) is 3.73. The summed E-state index contributed by atoms with van der Waals surface area (Å²) in [5.41, 5.74) is 1.02. The summed E-state index contributed by atoms with van der Waals surface area (Å²) in [4.78, 5) is 0. The molecule has 102 valence electrons. The molecule has 7 heteroatoms. The lowest BCUT2D eigenvalue weighted by atomic mass is 10.2. The van der Waals surface area contributed by atoms with Gasteiger partial charge in [0.05, 0.1) is 10.8 Å². The number of halogens is 2. The molecule has 0 aliphatic carbocycles. The Morgan fingerprint density at radius 3 is 2.61 bits per heavy atom. The van der Waals surface area contributed by atoms with E-state index in [1.54, 1.807) is 0 Å². The predicted molar refractivity (Wildman–Crippen MR) is 78.3 cm³/mol. The van der Waals surface area contributed by atoms with Crippen LogP contribution in [0.2, 0.25) is 5.02 Å². The second-order valence-electron chi connectivity index (χ2n) is 4.02. The Bertz CT molecular complexity index is 506. The normalized spacial score (nSPS) is 12.1. The highest BCUT2D eigenvalue weighted by atomic mass is 79.9. The highest BCUT2D eigenvalue weighted by Crippen LogP contribution is 2.22. The molecule has 0 bridgehead atoms. The predicted octanol–water partition coefficient (Wildman–Crippen LogP) is 2.08. The van der Waals surface area contributed by atoms with Crippen LogP contribution >= 0.6 is 27.5 Å². The lowest BCUT2D eigenvalue weighted by molar-refractivity contribution is 0.517. The molecule has 1 rings (SSSR count). The van der Waals surface area contributed by atoms with Crippen LogP contribution in [0, 0.1) is 0 Å². The van der Waals surface area contributed by atoms with Crippen molar-refractivity contribution in [3.05, 3.63) is 33.3 Å². The van der Waals surface area contributed by atoms with Gasteiger partial charge < -0.3 is 5.32 Å². The molecule has 4 nitrogen and oxygen atoms in total. The van der Waals surface area contributed by atoms with Gasteiger partial charge in [-0.1, -0.05) is 17.7 Å². The summed E-state index contributed by atoms with van der Waals surface area (Å²) in [5.74, 6) is 0.0876. The van der Waals surface area contributed by atoms with E-state index in [4.69, 9.17) is 11.6 Å². The smallest absolute Gasteiger partial charge is 0.214 e. The molecule has 0 radical (unpaired) electrons. The monoisotopic (exact) mass is 354 g/mol. The first-order valence-electron chi connectivity index (χ1n) is 5.38. The zero-order valence-corrected chi connectivity index (χ0v) is 13.4. The summed E-state index contributed by atoms with van der Waals surface area (Å²) in [6.07, 6.45) is 0. The van der Waals surface area contributed by atoms with E-state index in [1.807, 2.05) is 18.2 Å². The maximum absolute atomic E-state index is 11.5. The van der Waals surface area contributed by atoms with Crippen LogP contribution in [-0.4, -0.2) is 39.1 Å². The molecule has 1 aromatic carbocycles. The zero-order valence-electron chi connectivity index (χ0n) is 10.3. The topological polar surface area (TPSA) is 49.4 Å². The van der Waals surface area contributed by atoms with Gasteiger partial charge >= 0.3 is 0 Å². The largest absolute Gasteiger partial charge is 0.312 e. The quantitative estimate of drug-likeness (QED) is 0.795. The van der Waals surface area contributed by atoms with Gasteiger partial charge in [-0.05, 0) is 33.6 Å². The Morgan fingerprint density at radius 2 is 2.06 bits per heavy atom. The van der Waals surface area contributed by atoms with Gasteiger partial charge in [0.25, 0.3) is 0 Å². The molecule has 0 aromatic heterocycles. The Labute approximate surface area is 121 Å². The summed E-state index contributed by atoms with van der Waals surface area (Å²) >= 11 is 9.28. The van der Waals surface area contributed by atoms with Crippen molar-refractivity contribution in [3.8, 4) is 0 Å². The van der Waals surface area contributed by atoms with Crippen molar-refractivity contribution in [1.82, 2.24) is 9.62 Å². The molecular weight excluding hydrogens is 340 g/mol. The zero-order chi connectivity index (χ0) is 13.8. The summed E-state index contributed by atoms with van der Waals surface area (Å²) < 4.78 is 25.1. The highest BCUT2D eigenvalue weighted by Gasteiger charge is 2.12. The minimum Gasteiger partial charge on any atom is -0.312 e. The molecule has 1 N–H and O–H groups in total. The van der Waals surface area contributed by atoms with Crippen LogP contribution in [0.3, 0.4) is 0 Å². The molecular formula is C11H16BrClN2O2S. The molecule has 0 atom stereocenters. The second-order valence-corrected chi connectivity index (χ2v) is 7.59. The molecule has 0 unspecified atom stereocenters. The summed E-state index contributed by atoms with van der Waals surface area (Å²) in [7, 11) is -0.0671. The van der Waals surface area contributed by atoms with E-state index in [0.717, 1.165) is 10.0 Å². The van der Waals surface area contributed by atoms with E-state index in [2.05, 4.69) is 21.2 Å². The lowest BCUT2D eigenvalue weighted by Gasteiger charge is -2.11. The first-order chi connectivity index (χ1) is 8.33. The molecule has 0 aliphatic heterocycles. The molecule has 0 amide bonds. The maximum atomic E-state index is 11.5. The fourth-order valence-electron chi connectivity index (χ4n) is 1.27. The minimum absolute atomic E-state index is 0.0876. The van der Waals surface area contributed by atoms with Crippen LogP contribution in [0.1, 0.15) is 5.56 Å². The van der Waals surface area contributed by atoms with Crippen molar-refractivity contribution in [1.29, 1.82) is 0 Å². The Kier molecular flexibility index (Phi) is 6.07. The van der Waals surface area contributed by atoms with Crippen LogP contribution in [0.5, 0.6) is 0 Å². The van der Waals surface area contributed by atoms with Gasteiger partial charge in [-0.15, -0.1) is 0 Å². The van der Waals surface area contributed by atoms with Gasteiger partial charge in [-0.3, -0.25) is 0 Å². The standard InChI is InChI=1S/C11H16BrClN2O2S/c1-15(2)18(16,17)6-5-14-8-9-3-4-10(12)11(13)7-9/h3-4,7,14H,5-6,8H2,1-2H3. The maximum Gasteiger partial charge on any atom is 0.214 e. The van der Waals surface area contributed by atoms with E-state index in [1.165, 1.54) is 18.4 Å². The average Bonchev–Trinajstić information content (AvgIpc) is 2.29. The fourth-order valence-corrected chi connectivity index (χ4v) is 2.48. The van der Waals surface area contributed by atoms with Crippen LogP contribution in [-0.2, 0) is 16.6 Å². The molecule has 0 spiro atoms. The summed E-state index contributed by atoms with van der Waals surface area (Å²) in [6.45, 7) is 1.00. The molecule has 0 saturated heterocycles. The van der Waals surface area contributed by atoms with E-state index < -0.39 is 10.0 Å². The van der Waals surface area contributed by atoms with Gasteiger partial charge in [0.2, 0.25) is 10.0 Å². The molecule has 1 aromatic rings. The summed E-state index contributed by atoms with van der Waals surface area (Å²) in [6, 6.07) is 5.65. The minimum atomic E-state index is -3.13. The SMILES string of the molecule is CN(C)S(=O)(=O)CCNCc1ccc(Br)c(Cl)c1. The van der Waals surface area contributed by atoms with E-state index >= 15 is 0 Å². The third-order valence-electron chi connectivity index (χ3n) is 2.41. The third-order valence-corrected chi connectivity index (χ3v) is 5.47. The Morgan fingerprint density at radius 1 is 1.39 bits per heavy atom. The lowest BCUT2D eigenvalue weighted by Crippen LogP contribution is -2.30. The average molecular weight is 356 g/mol. The highest BCUT2D eigenvalue weighted by molar-refractivity contribution is 9.10.